The Balaban J connectivity index is 2.67. The molecule has 0 radical (unpaired) electrons. The lowest BCUT2D eigenvalue weighted by Crippen LogP contribution is -2.35. The summed E-state index contributed by atoms with van der Waals surface area (Å²) in [5.41, 5.74) is 0.816. The minimum Gasteiger partial charge on any atom is -0.496 e. The average Bonchev–Trinajstić information content (AvgIpc) is 2.38. The number of aliphatic hydroxyl groups is 1. The molecule has 0 amide bonds. The summed E-state index contributed by atoms with van der Waals surface area (Å²) in [6.45, 7) is 3.26. The fourth-order valence-corrected chi connectivity index (χ4v) is 1.86. The quantitative estimate of drug-likeness (QED) is 0.803. The number of benzene rings is 1. The van der Waals surface area contributed by atoms with Crippen LogP contribution in [0.15, 0.2) is 24.3 Å². The summed E-state index contributed by atoms with van der Waals surface area (Å²) in [6.07, 6.45) is -0.564. The smallest absolute Gasteiger partial charge is 0.124 e. The van der Waals surface area contributed by atoms with E-state index >= 15 is 0 Å². The van der Waals surface area contributed by atoms with Crippen molar-refractivity contribution in [2.45, 2.75) is 19.1 Å². The van der Waals surface area contributed by atoms with E-state index in [9.17, 15) is 5.11 Å². The number of ether oxygens (including phenoxy) is 2. The Morgan fingerprint density at radius 2 is 1.94 bits per heavy atom. The van der Waals surface area contributed by atoms with E-state index in [0.29, 0.717) is 13.2 Å². The van der Waals surface area contributed by atoms with Crippen LogP contribution in [0.2, 0.25) is 0 Å². The van der Waals surface area contributed by atoms with Crippen LogP contribution in [0.5, 0.6) is 5.75 Å². The van der Waals surface area contributed by atoms with Gasteiger partial charge >= 0.3 is 0 Å². The Morgan fingerprint density at radius 3 is 2.56 bits per heavy atom. The van der Waals surface area contributed by atoms with E-state index in [1.807, 2.05) is 31.3 Å². The molecule has 1 aromatic rings. The molecule has 1 rings (SSSR count). The van der Waals surface area contributed by atoms with E-state index in [2.05, 4.69) is 11.8 Å². The van der Waals surface area contributed by atoms with Crippen LogP contribution in [0.25, 0.3) is 0 Å². The Morgan fingerprint density at radius 1 is 1.28 bits per heavy atom. The number of aliphatic hydroxyl groups excluding tert-OH is 1. The fourth-order valence-electron chi connectivity index (χ4n) is 1.86. The first-order valence-electron chi connectivity index (χ1n) is 6.10. The molecule has 0 bridgehead atoms. The third-order valence-electron chi connectivity index (χ3n) is 3.12. The van der Waals surface area contributed by atoms with Crippen LogP contribution in [0.4, 0.5) is 0 Å². The van der Waals surface area contributed by atoms with Gasteiger partial charge in [-0.25, -0.2) is 0 Å². The van der Waals surface area contributed by atoms with Crippen molar-refractivity contribution in [1.82, 2.24) is 4.90 Å². The monoisotopic (exact) mass is 253 g/mol. The Hall–Kier alpha value is -1.10. The van der Waals surface area contributed by atoms with Crippen molar-refractivity contribution in [1.29, 1.82) is 0 Å². The highest BCUT2D eigenvalue weighted by Gasteiger charge is 2.17. The molecule has 2 unspecified atom stereocenters. The zero-order valence-corrected chi connectivity index (χ0v) is 11.6. The van der Waals surface area contributed by atoms with E-state index in [1.165, 1.54) is 0 Å². The molecular formula is C14H23NO3. The van der Waals surface area contributed by atoms with Gasteiger partial charge < -0.3 is 14.6 Å². The summed E-state index contributed by atoms with van der Waals surface area (Å²) in [4.78, 5) is 2.07. The molecule has 0 spiro atoms. The molecule has 2 atom stereocenters. The summed E-state index contributed by atoms with van der Waals surface area (Å²) in [5.74, 6) is 0.720. The normalized spacial score (nSPS) is 14.6. The maximum Gasteiger partial charge on any atom is 0.124 e. The van der Waals surface area contributed by atoms with Crippen molar-refractivity contribution in [2.75, 3.05) is 34.4 Å². The van der Waals surface area contributed by atoms with Gasteiger partial charge in [0.15, 0.2) is 0 Å². The summed E-state index contributed by atoms with van der Waals surface area (Å²) in [5, 5.41) is 10.3. The van der Waals surface area contributed by atoms with Crippen LogP contribution in [-0.4, -0.2) is 50.5 Å². The van der Waals surface area contributed by atoms with Gasteiger partial charge in [-0.05, 0) is 20.0 Å². The highest BCUT2D eigenvalue weighted by Crippen LogP contribution is 2.25. The van der Waals surface area contributed by atoms with Gasteiger partial charge in [0.2, 0.25) is 0 Å². The predicted molar refractivity (Wildman–Crippen MR) is 71.9 cm³/mol. The molecule has 1 N–H and O–H groups in total. The number of para-hydroxylation sites is 1. The number of rotatable bonds is 7. The number of nitrogens with zero attached hydrogens (tertiary/aromatic N) is 1. The van der Waals surface area contributed by atoms with Crippen LogP contribution in [-0.2, 0) is 4.74 Å². The van der Waals surface area contributed by atoms with Gasteiger partial charge in [-0.2, -0.15) is 0 Å². The van der Waals surface area contributed by atoms with Gasteiger partial charge in [-0.3, -0.25) is 4.90 Å². The first kappa shape index (κ1) is 15.0. The zero-order chi connectivity index (χ0) is 13.5. The molecule has 0 heterocycles. The van der Waals surface area contributed by atoms with Gasteiger partial charge in [-0.1, -0.05) is 18.2 Å². The molecule has 4 heteroatoms. The van der Waals surface area contributed by atoms with Crippen LogP contribution in [0.3, 0.4) is 0 Å². The molecular weight excluding hydrogens is 230 g/mol. The van der Waals surface area contributed by atoms with Crippen molar-refractivity contribution in [3.8, 4) is 5.75 Å². The topological polar surface area (TPSA) is 41.9 Å². The van der Waals surface area contributed by atoms with Crippen LogP contribution in [0, 0.1) is 0 Å². The van der Waals surface area contributed by atoms with E-state index in [1.54, 1.807) is 14.2 Å². The number of likely N-dealkylation sites (N-methyl/N-ethyl adjacent to an activating group) is 1. The molecule has 18 heavy (non-hydrogen) atoms. The first-order chi connectivity index (χ1) is 8.60. The van der Waals surface area contributed by atoms with Crippen molar-refractivity contribution < 1.29 is 14.6 Å². The van der Waals surface area contributed by atoms with Crippen molar-refractivity contribution in [3.63, 3.8) is 0 Å². The minimum absolute atomic E-state index is 0.263. The third-order valence-corrected chi connectivity index (χ3v) is 3.12. The maximum atomic E-state index is 10.3. The molecule has 0 saturated heterocycles. The molecule has 0 saturated carbocycles. The van der Waals surface area contributed by atoms with Crippen molar-refractivity contribution >= 4 is 0 Å². The number of hydrogen-bond donors (Lipinski definition) is 1. The van der Waals surface area contributed by atoms with Gasteiger partial charge in [-0.15, -0.1) is 0 Å². The fraction of sp³-hybridized carbons (Fsp3) is 0.571. The Kier molecular flexibility index (Phi) is 6.12. The second-order valence-corrected chi connectivity index (χ2v) is 4.50. The highest BCUT2D eigenvalue weighted by atomic mass is 16.5. The largest absolute Gasteiger partial charge is 0.496 e. The summed E-state index contributed by atoms with van der Waals surface area (Å²) in [7, 11) is 5.27. The summed E-state index contributed by atoms with van der Waals surface area (Å²) >= 11 is 0. The Labute approximate surface area is 109 Å². The van der Waals surface area contributed by atoms with Gasteiger partial charge in [0.1, 0.15) is 5.75 Å². The van der Waals surface area contributed by atoms with Crippen LogP contribution in [0.1, 0.15) is 18.6 Å². The average molecular weight is 253 g/mol. The van der Waals surface area contributed by atoms with Gasteiger partial charge in [0, 0.05) is 25.3 Å². The summed E-state index contributed by atoms with van der Waals surface area (Å²) in [6, 6.07) is 7.81. The molecule has 0 aromatic heterocycles. The second-order valence-electron chi connectivity index (χ2n) is 4.50. The van der Waals surface area contributed by atoms with E-state index in [4.69, 9.17) is 9.47 Å². The van der Waals surface area contributed by atoms with E-state index in [0.717, 1.165) is 11.3 Å². The molecule has 0 aliphatic rings. The molecule has 1 aromatic carbocycles. The number of methoxy groups -OCH3 is 2. The first-order valence-corrected chi connectivity index (χ1v) is 6.10. The molecule has 0 aliphatic carbocycles. The Bertz CT molecular complexity index is 357. The lowest BCUT2D eigenvalue weighted by molar-refractivity contribution is 0.0699. The minimum atomic E-state index is -0.564. The molecule has 0 fully saturated rings. The van der Waals surface area contributed by atoms with Crippen molar-refractivity contribution in [2.24, 2.45) is 0 Å². The SMILES string of the molecule is COCC(C)N(C)CC(O)c1ccccc1OC. The highest BCUT2D eigenvalue weighted by molar-refractivity contribution is 5.35. The second kappa shape index (κ2) is 7.36. The number of hydrogen-bond acceptors (Lipinski definition) is 4. The van der Waals surface area contributed by atoms with Crippen LogP contribution < -0.4 is 4.74 Å². The van der Waals surface area contributed by atoms with E-state index < -0.39 is 6.10 Å². The zero-order valence-electron chi connectivity index (χ0n) is 11.6. The predicted octanol–water partition coefficient (Wildman–Crippen LogP) is 1.70. The van der Waals surface area contributed by atoms with E-state index in [-0.39, 0.29) is 6.04 Å². The van der Waals surface area contributed by atoms with Gasteiger partial charge in [0.25, 0.3) is 0 Å². The van der Waals surface area contributed by atoms with Gasteiger partial charge in [0.05, 0.1) is 19.8 Å². The molecule has 102 valence electrons. The lowest BCUT2D eigenvalue weighted by Gasteiger charge is -2.27. The van der Waals surface area contributed by atoms with Crippen molar-refractivity contribution in [3.05, 3.63) is 29.8 Å². The lowest BCUT2D eigenvalue weighted by atomic mass is 10.1. The molecule has 4 nitrogen and oxygen atoms in total. The third kappa shape index (κ3) is 3.98. The molecule has 0 aliphatic heterocycles. The summed E-state index contributed by atoms with van der Waals surface area (Å²) < 4.78 is 10.4. The maximum absolute atomic E-state index is 10.3. The standard InChI is InChI=1S/C14H23NO3/c1-11(10-17-3)15(2)9-13(16)12-7-5-6-8-14(12)18-4/h5-8,11,13,16H,9-10H2,1-4H3. The van der Waals surface area contributed by atoms with Crippen LogP contribution >= 0.6 is 0 Å².